The minimum absolute atomic E-state index is 0.0187. The van der Waals surface area contributed by atoms with Crippen LogP contribution in [-0.4, -0.2) is 35.2 Å². The molecule has 4 N–H and O–H groups in total. The Morgan fingerprint density at radius 3 is 2.46 bits per heavy atom. The molecule has 188 valence electrons. The summed E-state index contributed by atoms with van der Waals surface area (Å²) in [4.78, 5) is 25.9. The number of nitrogens with one attached hydrogen (secondary N) is 2. The molecule has 0 atom stereocenters. The van der Waals surface area contributed by atoms with Gasteiger partial charge in [0.2, 0.25) is 11.9 Å². The van der Waals surface area contributed by atoms with Crippen LogP contribution >= 0.6 is 0 Å². The Balaban J connectivity index is 1.37. The summed E-state index contributed by atoms with van der Waals surface area (Å²) in [7, 11) is 0. The summed E-state index contributed by atoms with van der Waals surface area (Å²) in [6, 6.07) is 16.3. The van der Waals surface area contributed by atoms with Gasteiger partial charge in [-0.2, -0.15) is 15.1 Å². The first-order chi connectivity index (χ1) is 17.8. The van der Waals surface area contributed by atoms with Crippen LogP contribution in [0.3, 0.4) is 0 Å². The second-order valence-electron chi connectivity index (χ2n) is 8.98. The molecule has 0 saturated carbocycles. The van der Waals surface area contributed by atoms with Crippen molar-refractivity contribution in [2.75, 3.05) is 16.4 Å². The van der Waals surface area contributed by atoms with E-state index in [-0.39, 0.29) is 18.4 Å². The third kappa shape index (κ3) is 4.86. The first kappa shape index (κ1) is 24.0. The number of aryl methyl sites for hydroxylation is 4. The van der Waals surface area contributed by atoms with Gasteiger partial charge in [0.15, 0.2) is 17.0 Å². The van der Waals surface area contributed by atoms with E-state index in [4.69, 9.17) is 5.73 Å². The summed E-state index contributed by atoms with van der Waals surface area (Å²) in [6.45, 7) is 8.76. The first-order valence-electron chi connectivity index (χ1n) is 12.1. The standard InChI is InChI=1S/C27H29N9O/c1-5-36-21(13-18(4)34-36)31-22(37)14-35-15-29-24-25(32-27(28)33-26(24)35)30-20-11-9-19(10-12-20)23-16(2)7-6-8-17(23)3/h6-13,15H,5,14H2,1-4H3,(H,31,37)(H3,28,30,32,33). The van der Waals surface area contributed by atoms with Gasteiger partial charge < -0.3 is 20.9 Å². The predicted octanol–water partition coefficient (Wildman–Crippen LogP) is 4.60. The Morgan fingerprint density at radius 2 is 1.76 bits per heavy atom. The fourth-order valence-electron chi connectivity index (χ4n) is 4.51. The van der Waals surface area contributed by atoms with Crippen molar-refractivity contribution in [2.45, 2.75) is 40.8 Å². The highest BCUT2D eigenvalue weighted by Crippen LogP contribution is 2.29. The molecular formula is C27H29N9O. The second kappa shape index (κ2) is 9.73. The number of nitrogens with zero attached hydrogens (tertiary/aromatic N) is 6. The zero-order valence-corrected chi connectivity index (χ0v) is 21.3. The Kier molecular flexibility index (Phi) is 6.31. The molecular weight excluding hydrogens is 466 g/mol. The molecule has 5 rings (SSSR count). The summed E-state index contributed by atoms with van der Waals surface area (Å²) in [5.74, 6) is 0.989. The summed E-state index contributed by atoms with van der Waals surface area (Å²) >= 11 is 0. The normalized spacial score (nSPS) is 11.1. The lowest BCUT2D eigenvalue weighted by molar-refractivity contribution is -0.116. The predicted molar refractivity (Wildman–Crippen MR) is 146 cm³/mol. The number of imidazole rings is 1. The van der Waals surface area contributed by atoms with Crippen LogP contribution in [0.25, 0.3) is 22.3 Å². The van der Waals surface area contributed by atoms with E-state index >= 15 is 0 Å². The number of amides is 1. The van der Waals surface area contributed by atoms with Crippen LogP contribution in [0, 0.1) is 20.8 Å². The largest absolute Gasteiger partial charge is 0.368 e. The van der Waals surface area contributed by atoms with Crippen molar-refractivity contribution in [2.24, 2.45) is 0 Å². The number of carbonyl (C=O) groups is 1. The van der Waals surface area contributed by atoms with Gasteiger partial charge in [-0.1, -0.05) is 30.3 Å². The highest BCUT2D eigenvalue weighted by Gasteiger charge is 2.16. The maximum atomic E-state index is 12.8. The minimum atomic E-state index is -0.220. The van der Waals surface area contributed by atoms with Crippen molar-refractivity contribution in [1.82, 2.24) is 29.3 Å². The zero-order valence-electron chi connectivity index (χ0n) is 21.3. The molecule has 0 bridgehead atoms. The molecule has 0 aliphatic rings. The average molecular weight is 496 g/mol. The van der Waals surface area contributed by atoms with Crippen molar-refractivity contribution < 1.29 is 4.79 Å². The lowest BCUT2D eigenvalue weighted by Crippen LogP contribution is -2.20. The fraction of sp³-hybridized carbons (Fsp3) is 0.222. The van der Waals surface area contributed by atoms with Crippen molar-refractivity contribution >= 4 is 40.3 Å². The number of anilines is 4. The van der Waals surface area contributed by atoms with E-state index in [0.29, 0.717) is 29.3 Å². The highest BCUT2D eigenvalue weighted by molar-refractivity contribution is 5.92. The van der Waals surface area contributed by atoms with Gasteiger partial charge in [0, 0.05) is 18.3 Å². The van der Waals surface area contributed by atoms with Gasteiger partial charge in [-0.15, -0.1) is 0 Å². The molecule has 0 aliphatic heterocycles. The van der Waals surface area contributed by atoms with Gasteiger partial charge >= 0.3 is 0 Å². The molecule has 10 heteroatoms. The van der Waals surface area contributed by atoms with E-state index in [1.54, 1.807) is 15.6 Å². The summed E-state index contributed by atoms with van der Waals surface area (Å²) < 4.78 is 3.39. The molecule has 0 aliphatic carbocycles. The highest BCUT2D eigenvalue weighted by atomic mass is 16.2. The van der Waals surface area contributed by atoms with Crippen molar-refractivity contribution in [1.29, 1.82) is 0 Å². The molecule has 5 aromatic rings. The molecule has 0 fully saturated rings. The molecule has 1 amide bonds. The van der Waals surface area contributed by atoms with Gasteiger partial charge in [-0.3, -0.25) is 4.79 Å². The number of benzene rings is 2. The Hall–Kier alpha value is -4.73. The molecule has 3 heterocycles. The number of hydrogen-bond acceptors (Lipinski definition) is 7. The molecule has 0 saturated heterocycles. The SMILES string of the molecule is CCn1nc(C)cc1NC(=O)Cn1cnc2c(Nc3ccc(-c4c(C)cccc4C)cc3)nc(N)nc21. The fourth-order valence-corrected chi connectivity index (χ4v) is 4.51. The minimum Gasteiger partial charge on any atom is -0.368 e. The van der Waals surface area contributed by atoms with Gasteiger partial charge in [0.05, 0.1) is 12.0 Å². The lowest BCUT2D eigenvalue weighted by atomic mass is 9.96. The maximum Gasteiger partial charge on any atom is 0.245 e. The number of nitrogen functional groups attached to an aromatic ring is 1. The third-order valence-electron chi connectivity index (χ3n) is 6.18. The molecule has 10 nitrogen and oxygen atoms in total. The van der Waals surface area contributed by atoms with Crippen molar-refractivity contribution in [3.63, 3.8) is 0 Å². The number of carbonyl (C=O) groups excluding carboxylic acids is 1. The summed E-state index contributed by atoms with van der Waals surface area (Å²) in [5, 5.41) is 10.6. The molecule has 0 radical (unpaired) electrons. The Morgan fingerprint density at radius 1 is 1.03 bits per heavy atom. The van der Waals surface area contributed by atoms with Gasteiger partial charge in [-0.05, 0) is 62.1 Å². The van der Waals surface area contributed by atoms with Crippen LogP contribution in [0.4, 0.5) is 23.3 Å². The zero-order chi connectivity index (χ0) is 26.1. The lowest BCUT2D eigenvalue weighted by Gasteiger charge is -2.12. The molecule has 37 heavy (non-hydrogen) atoms. The quantitative estimate of drug-likeness (QED) is 0.301. The number of aromatic nitrogens is 6. The van der Waals surface area contributed by atoms with E-state index in [2.05, 4.69) is 74.9 Å². The van der Waals surface area contributed by atoms with Crippen LogP contribution in [-0.2, 0) is 17.9 Å². The number of rotatable bonds is 7. The van der Waals surface area contributed by atoms with E-state index in [1.807, 2.05) is 32.0 Å². The first-order valence-corrected chi connectivity index (χ1v) is 12.1. The van der Waals surface area contributed by atoms with E-state index in [0.717, 1.165) is 16.9 Å². The molecule has 0 spiro atoms. The second-order valence-corrected chi connectivity index (χ2v) is 8.98. The topological polar surface area (TPSA) is 129 Å². The number of nitrogens with two attached hydrogens (primary N) is 1. The number of hydrogen-bond donors (Lipinski definition) is 3. The van der Waals surface area contributed by atoms with Crippen LogP contribution in [0.15, 0.2) is 54.9 Å². The Bertz CT molecular complexity index is 1580. The van der Waals surface area contributed by atoms with E-state index < -0.39 is 0 Å². The number of fused-ring (bicyclic) bond motifs is 1. The van der Waals surface area contributed by atoms with Gasteiger partial charge in [0.1, 0.15) is 12.4 Å². The van der Waals surface area contributed by atoms with Crippen LogP contribution in [0.2, 0.25) is 0 Å². The Labute approximate surface area is 214 Å². The smallest absolute Gasteiger partial charge is 0.245 e. The van der Waals surface area contributed by atoms with E-state index in [9.17, 15) is 4.79 Å². The van der Waals surface area contributed by atoms with Gasteiger partial charge in [0.25, 0.3) is 0 Å². The maximum absolute atomic E-state index is 12.8. The monoisotopic (exact) mass is 495 g/mol. The average Bonchev–Trinajstić information content (AvgIpc) is 3.42. The van der Waals surface area contributed by atoms with E-state index in [1.165, 1.54) is 16.7 Å². The summed E-state index contributed by atoms with van der Waals surface area (Å²) in [5.41, 5.74) is 13.5. The molecule has 0 unspecified atom stereocenters. The van der Waals surface area contributed by atoms with Crippen LogP contribution < -0.4 is 16.4 Å². The third-order valence-corrected chi connectivity index (χ3v) is 6.18. The van der Waals surface area contributed by atoms with Crippen molar-refractivity contribution in [3.8, 4) is 11.1 Å². The molecule has 2 aromatic carbocycles. The molecule has 3 aromatic heterocycles. The van der Waals surface area contributed by atoms with Crippen LogP contribution in [0.1, 0.15) is 23.7 Å². The van der Waals surface area contributed by atoms with Crippen molar-refractivity contribution in [3.05, 3.63) is 71.7 Å². The van der Waals surface area contributed by atoms with Gasteiger partial charge in [-0.25, -0.2) is 9.67 Å². The summed E-state index contributed by atoms with van der Waals surface area (Å²) in [6.07, 6.45) is 1.57. The van der Waals surface area contributed by atoms with Crippen LogP contribution in [0.5, 0.6) is 0 Å².